The first-order chi connectivity index (χ1) is 6.98. The summed E-state index contributed by atoms with van der Waals surface area (Å²) in [5, 5.41) is 2.21. The van der Waals surface area contributed by atoms with Gasteiger partial charge < -0.3 is 0 Å². The molecule has 1 heterocycles. The molecule has 0 bridgehead atoms. The summed E-state index contributed by atoms with van der Waals surface area (Å²) in [6.07, 6.45) is 4.70. The second kappa shape index (κ2) is 3.69. The van der Waals surface area contributed by atoms with Gasteiger partial charge in [0.2, 0.25) is 10.0 Å². The van der Waals surface area contributed by atoms with E-state index in [-0.39, 0.29) is 5.54 Å². The van der Waals surface area contributed by atoms with E-state index in [1.54, 1.807) is 4.31 Å². The van der Waals surface area contributed by atoms with Crippen molar-refractivity contribution < 1.29 is 8.42 Å². The van der Waals surface area contributed by atoms with Crippen LogP contribution in [0.1, 0.15) is 19.3 Å². The predicted octanol–water partition coefficient (Wildman–Crippen LogP) is -0.379. The van der Waals surface area contributed by atoms with Gasteiger partial charge >= 0.3 is 0 Å². The Morgan fingerprint density at radius 1 is 1.27 bits per heavy atom. The maximum Gasteiger partial charge on any atom is 0.211 e. The average molecular weight is 233 g/mol. The van der Waals surface area contributed by atoms with E-state index in [1.165, 1.54) is 12.7 Å². The van der Waals surface area contributed by atoms with Crippen molar-refractivity contribution in [3.8, 4) is 0 Å². The quantitative estimate of drug-likeness (QED) is 0.706. The smallest absolute Gasteiger partial charge is 0.211 e. The van der Waals surface area contributed by atoms with Gasteiger partial charge in [0.05, 0.1) is 6.26 Å². The Morgan fingerprint density at radius 2 is 1.93 bits per heavy atom. The van der Waals surface area contributed by atoms with Crippen molar-refractivity contribution in [3.05, 3.63) is 0 Å². The van der Waals surface area contributed by atoms with Crippen molar-refractivity contribution in [2.45, 2.75) is 24.8 Å². The van der Waals surface area contributed by atoms with Gasteiger partial charge in [-0.25, -0.2) is 13.4 Å². The van der Waals surface area contributed by atoms with Crippen LogP contribution >= 0.6 is 0 Å². The van der Waals surface area contributed by atoms with Crippen molar-refractivity contribution in [3.63, 3.8) is 0 Å². The molecule has 88 valence electrons. The third-order valence-corrected chi connectivity index (χ3v) is 4.89. The van der Waals surface area contributed by atoms with Crippen molar-refractivity contribution in [1.29, 1.82) is 0 Å². The highest BCUT2D eigenvalue weighted by Gasteiger charge is 2.47. The van der Waals surface area contributed by atoms with Crippen LogP contribution in [0.5, 0.6) is 0 Å². The van der Waals surface area contributed by atoms with Crippen molar-refractivity contribution in [1.82, 2.24) is 14.7 Å². The second-order valence-corrected chi connectivity index (χ2v) is 6.53. The van der Waals surface area contributed by atoms with Gasteiger partial charge in [-0.15, -0.1) is 0 Å². The molecule has 0 unspecified atom stereocenters. The topological polar surface area (TPSA) is 52.6 Å². The van der Waals surface area contributed by atoms with Crippen molar-refractivity contribution in [2.75, 3.05) is 32.9 Å². The van der Waals surface area contributed by atoms with Crippen LogP contribution in [0.3, 0.4) is 0 Å². The lowest BCUT2D eigenvalue weighted by molar-refractivity contribution is -0.0586. The molecule has 0 aromatic rings. The van der Waals surface area contributed by atoms with Crippen molar-refractivity contribution in [2.24, 2.45) is 0 Å². The van der Waals surface area contributed by atoms with Gasteiger partial charge in [0, 0.05) is 25.2 Å². The van der Waals surface area contributed by atoms with E-state index in [4.69, 9.17) is 0 Å². The Morgan fingerprint density at radius 3 is 2.33 bits per heavy atom. The zero-order chi connectivity index (χ0) is 11.1. The summed E-state index contributed by atoms with van der Waals surface area (Å²) in [7, 11) is -1.11. The molecule has 1 saturated heterocycles. The van der Waals surface area contributed by atoms with Gasteiger partial charge in [-0.1, -0.05) is 0 Å². The minimum Gasteiger partial charge on any atom is -0.258 e. The average Bonchev–Trinajstić information content (AvgIpc) is 2.12. The monoisotopic (exact) mass is 233 g/mol. The molecule has 0 atom stereocenters. The third-order valence-electron chi connectivity index (χ3n) is 3.64. The highest BCUT2D eigenvalue weighted by Crippen LogP contribution is 2.39. The van der Waals surface area contributed by atoms with Crippen LogP contribution in [0.4, 0.5) is 0 Å². The number of piperazine rings is 1. The van der Waals surface area contributed by atoms with Gasteiger partial charge in [0.25, 0.3) is 0 Å². The molecule has 0 aromatic heterocycles. The van der Waals surface area contributed by atoms with Crippen LogP contribution in [0.25, 0.3) is 0 Å². The van der Waals surface area contributed by atoms with Gasteiger partial charge in [-0.3, -0.25) is 5.43 Å². The van der Waals surface area contributed by atoms with E-state index in [2.05, 4.69) is 10.4 Å². The van der Waals surface area contributed by atoms with Gasteiger partial charge in [-0.2, -0.15) is 4.31 Å². The van der Waals surface area contributed by atoms with Crippen LogP contribution < -0.4 is 5.43 Å². The minimum absolute atomic E-state index is 0.0656. The lowest BCUT2D eigenvalue weighted by Gasteiger charge is -2.54. The summed E-state index contributed by atoms with van der Waals surface area (Å²) in [5.41, 5.74) is 3.25. The molecule has 1 spiro atoms. The van der Waals surface area contributed by atoms with Gasteiger partial charge in [0.15, 0.2) is 0 Å². The number of hydrazine groups is 1. The van der Waals surface area contributed by atoms with E-state index >= 15 is 0 Å². The van der Waals surface area contributed by atoms with E-state index < -0.39 is 10.0 Å². The molecule has 1 saturated carbocycles. The first-order valence-corrected chi connectivity index (χ1v) is 7.23. The highest BCUT2D eigenvalue weighted by molar-refractivity contribution is 7.88. The van der Waals surface area contributed by atoms with E-state index in [9.17, 15) is 8.42 Å². The van der Waals surface area contributed by atoms with Crippen LogP contribution in [-0.2, 0) is 10.0 Å². The Hall–Kier alpha value is -0.170. The Balaban J connectivity index is 2.14. The summed E-state index contributed by atoms with van der Waals surface area (Å²) in [5.74, 6) is 0. The molecule has 1 aliphatic carbocycles. The summed E-state index contributed by atoms with van der Waals surface area (Å²) in [4.78, 5) is 0. The Labute approximate surface area is 91.4 Å². The lowest BCUT2D eigenvalue weighted by Crippen LogP contribution is -2.69. The van der Waals surface area contributed by atoms with E-state index in [0.29, 0.717) is 13.1 Å². The second-order valence-electron chi connectivity index (χ2n) is 4.55. The molecule has 5 nitrogen and oxygen atoms in total. The minimum atomic E-state index is -3.03. The fraction of sp³-hybridized carbons (Fsp3) is 1.00. The first kappa shape index (κ1) is 11.3. The van der Waals surface area contributed by atoms with Crippen molar-refractivity contribution >= 4 is 10.0 Å². The molecule has 1 N–H and O–H groups in total. The molecule has 2 rings (SSSR count). The number of rotatable bonds is 2. The number of hydrogen-bond donors (Lipinski definition) is 1. The maximum atomic E-state index is 11.5. The molecular formula is C9H19N3O2S. The number of nitrogens with zero attached hydrogens (tertiary/aromatic N) is 2. The van der Waals surface area contributed by atoms with E-state index in [1.807, 2.05) is 7.05 Å². The highest BCUT2D eigenvalue weighted by atomic mass is 32.2. The summed E-state index contributed by atoms with van der Waals surface area (Å²) < 4.78 is 24.6. The molecule has 2 fully saturated rings. The summed E-state index contributed by atoms with van der Waals surface area (Å²) >= 11 is 0. The fourth-order valence-corrected chi connectivity index (χ4v) is 3.47. The number of sulfonamides is 1. The van der Waals surface area contributed by atoms with Gasteiger partial charge in [-0.05, 0) is 26.3 Å². The standard InChI is InChI=1S/C9H19N3O2S/c1-10-12-7-6-11(15(2,13)14)8-9(12)4-3-5-9/h10H,3-8H2,1-2H3. The van der Waals surface area contributed by atoms with Crippen LogP contribution in [0.15, 0.2) is 0 Å². The number of nitrogens with one attached hydrogen (secondary N) is 1. The zero-order valence-electron chi connectivity index (χ0n) is 9.36. The molecular weight excluding hydrogens is 214 g/mol. The first-order valence-electron chi connectivity index (χ1n) is 5.38. The SMILES string of the molecule is CNN1CCN(S(C)(=O)=O)CC12CCC2. The largest absolute Gasteiger partial charge is 0.258 e. The fourth-order valence-electron chi connectivity index (χ4n) is 2.59. The number of hydrogen-bond acceptors (Lipinski definition) is 4. The molecule has 0 radical (unpaired) electrons. The molecule has 6 heteroatoms. The van der Waals surface area contributed by atoms with Crippen LogP contribution in [0, 0.1) is 0 Å². The third kappa shape index (κ3) is 1.91. The molecule has 0 amide bonds. The molecule has 2 aliphatic rings. The molecule has 1 aliphatic heterocycles. The Bertz CT molecular complexity index is 337. The van der Waals surface area contributed by atoms with Gasteiger partial charge in [0.1, 0.15) is 0 Å². The predicted molar refractivity (Wildman–Crippen MR) is 58.8 cm³/mol. The normalized spacial score (nSPS) is 27.9. The maximum absolute atomic E-state index is 11.5. The molecule has 15 heavy (non-hydrogen) atoms. The van der Waals surface area contributed by atoms with E-state index in [0.717, 1.165) is 19.4 Å². The van der Waals surface area contributed by atoms with Crippen LogP contribution in [-0.4, -0.2) is 56.2 Å². The van der Waals surface area contributed by atoms with Crippen LogP contribution in [0.2, 0.25) is 0 Å². The zero-order valence-corrected chi connectivity index (χ0v) is 10.2. The lowest BCUT2D eigenvalue weighted by atomic mass is 9.75. The summed E-state index contributed by atoms with van der Waals surface area (Å²) in [6.45, 7) is 2.03. The Kier molecular flexibility index (Phi) is 2.79. The summed E-state index contributed by atoms with van der Waals surface area (Å²) in [6, 6.07) is 0. The molecule has 0 aromatic carbocycles.